The quantitative estimate of drug-likeness (QED) is 0.838. The van der Waals surface area contributed by atoms with E-state index in [2.05, 4.69) is 19.2 Å². The normalized spacial score (nSPS) is 10.3. The van der Waals surface area contributed by atoms with Gasteiger partial charge in [-0.3, -0.25) is 4.79 Å². The first-order valence-corrected chi connectivity index (χ1v) is 7.74. The monoisotopic (exact) mass is 321 g/mol. The lowest BCUT2D eigenvalue weighted by Gasteiger charge is -2.21. The van der Waals surface area contributed by atoms with E-state index in [1.807, 2.05) is 24.3 Å². The third-order valence-electron chi connectivity index (χ3n) is 3.39. The Morgan fingerprint density at radius 1 is 1.09 bits per heavy atom. The van der Waals surface area contributed by atoms with Gasteiger partial charge in [0, 0.05) is 45.8 Å². The molecule has 0 bridgehead atoms. The molecule has 0 heterocycles. The maximum absolute atomic E-state index is 11.9. The maximum atomic E-state index is 11.9. The Balaban J connectivity index is 2.38. The van der Waals surface area contributed by atoms with E-state index in [-0.39, 0.29) is 12.5 Å². The van der Waals surface area contributed by atoms with Crippen LogP contribution in [0.1, 0.15) is 26.3 Å². The van der Waals surface area contributed by atoms with Gasteiger partial charge in [-0.15, -0.1) is 0 Å². The molecule has 0 aliphatic heterocycles. The maximum Gasteiger partial charge on any atom is 0.409 e. The third-order valence-corrected chi connectivity index (χ3v) is 3.39. The van der Waals surface area contributed by atoms with Gasteiger partial charge in [0.25, 0.3) is 0 Å². The van der Waals surface area contributed by atoms with Crippen molar-refractivity contribution in [1.82, 2.24) is 9.80 Å². The number of ether oxygens (including phenoxy) is 1. The molecule has 0 unspecified atom stereocenters. The summed E-state index contributed by atoms with van der Waals surface area (Å²) < 4.78 is 5.27. The highest BCUT2D eigenvalue weighted by Gasteiger charge is 2.12. The Morgan fingerprint density at radius 3 is 2.17 bits per heavy atom. The van der Waals surface area contributed by atoms with Crippen LogP contribution in [0, 0.1) is 0 Å². The molecule has 1 aromatic carbocycles. The zero-order valence-electron chi connectivity index (χ0n) is 14.6. The van der Waals surface area contributed by atoms with Gasteiger partial charge in [0.2, 0.25) is 5.91 Å². The van der Waals surface area contributed by atoms with Gasteiger partial charge in [0.05, 0.1) is 0 Å². The topological polar surface area (TPSA) is 61.9 Å². The van der Waals surface area contributed by atoms with Gasteiger partial charge in [0.15, 0.2) is 0 Å². The zero-order chi connectivity index (χ0) is 17.4. The van der Waals surface area contributed by atoms with Crippen LogP contribution >= 0.6 is 0 Å². The number of hydrogen-bond donors (Lipinski definition) is 1. The van der Waals surface area contributed by atoms with Crippen molar-refractivity contribution in [2.45, 2.75) is 33.4 Å². The van der Waals surface area contributed by atoms with Crippen LogP contribution in [-0.4, -0.2) is 55.0 Å². The molecule has 23 heavy (non-hydrogen) atoms. The summed E-state index contributed by atoms with van der Waals surface area (Å²) >= 11 is 0. The molecule has 0 aromatic heterocycles. The Bertz CT molecular complexity index is 514. The number of amides is 2. The summed E-state index contributed by atoms with van der Waals surface area (Å²) in [5, 5.41) is 3.30. The van der Waals surface area contributed by atoms with E-state index in [1.54, 1.807) is 19.0 Å². The van der Waals surface area contributed by atoms with Crippen molar-refractivity contribution in [3.63, 3.8) is 0 Å². The first-order chi connectivity index (χ1) is 10.8. The molecule has 1 rings (SSSR count). The highest BCUT2D eigenvalue weighted by Crippen LogP contribution is 2.11. The van der Waals surface area contributed by atoms with Gasteiger partial charge in [-0.05, 0) is 31.5 Å². The Labute approximate surface area is 138 Å². The molecule has 0 atom stereocenters. The number of nitrogens with one attached hydrogen (secondary N) is 1. The molecule has 0 saturated carbocycles. The average molecular weight is 321 g/mol. The van der Waals surface area contributed by atoms with Gasteiger partial charge in [-0.2, -0.15) is 0 Å². The van der Waals surface area contributed by atoms with Crippen molar-refractivity contribution in [3.8, 4) is 0 Å². The Kier molecular flexibility index (Phi) is 7.38. The highest BCUT2D eigenvalue weighted by molar-refractivity contribution is 5.73. The molecule has 0 saturated heterocycles. The van der Waals surface area contributed by atoms with Gasteiger partial charge >= 0.3 is 6.09 Å². The Morgan fingerprint density at radius 2 is 1.65 bits per heavy atom. The van der Waals surface area contributed by atoms with E-state index in [1.165, 1.54) is 11.8 Å². The predicted molar refractivity (Wildman–Crippen MR) is 91.3 cm³/mol. The summed E-state index contributed by atoms with van der Waals surface area (Å²) in [5.41, 5.74) is 1.97. The molecule has 2 amide bonds. The van der Waals surface area contributed by atoms with Crippen LogP contribution in [0.4, 0.5) is 10.5 Å². The Hall–Kier alpha value is -2.24. The van der Waals surface area contributed by atoms with Gasteiger partial charge in [0.1, 0.15) is 6.61 Å². The smallest absolute Gasteiger partial charge is 0.409 e. The molecule has 1 aromatic rings. The van der Waals surface area contributed by atoms with Crippen LogP contribution < -0.4 is 5.32 Å². The van der Waals surface area contributed by atoms with Crippen LogP contribution in [-0.2, 0) is 16.1 Å². The van der Waals surface area contributed by atoms with E-state index in [0.29, 0.717) is 19.1 Å². The standard InChI is InChI=1S/C17H27N3O3/c1-13(2)18-16-8-6-15(7-9-16)12-23-17(22)20(5)11-10-19(4)14(3)21/h6-9,13,18H,10-12H2,1-5H3. The molecule has 1 N–H and O–H groups in total. The number of likely N-dealkylation sites (N-methyl/N-ethyl adjacent to an activating group) is 2. The molecule has 0 spiro atoms. The molecule has 6 heteroatoms. The summed E-state index contributed by atoms with van der Waals surface area (Å²) in [7, 11) is 3.36. The highest BCUT2D eigenvalue weighted by atomic mass is 16.6. The molecule has 128 valence electrons. The van der Waals surface area contributed by atoms with Gasteiger partial charge < -0.3 is 19.9 Å². The predicted octanol–water partition coefficient (Wildman–Crippen LogP) is 2.55. The number of rotatable bonds is 7. The summed E-state index contributed by atoms with van der Waals surface area (Å²) in [4.78, 5) is 26.0. The van der Waals surface area contributed by atoms with Crippen molar-refractivity contribution < 1.29 is 14.3 Å². The molecule has 0 radical (unpaired) electrons. The summed E-state index contributed by atoms with van der Waals surface area (Å²) in [6, 6.07) is 8.17. The number of hydrogen-bond acceptors (Lipinski definition) is 4. The SMILES string of the molecule is CC(=O)N(C)CCN(C)C(=O)OCc1ccc(NC(C)C)cc1. The summed E-state index contributed by atoms with van der Waals surface area (Å²) in [5.74, 6) is -0.0261. The lowest BCUT2D eigenvalue weighted by atomic mass is 10.2. The first-order valence-electron chi connectivity index (χ1n) is 7.74. The van der Waals surface area contributed by atoms with Crippen molar-refractivity contribution in [3.05, 3.63) is 29.8 Å². The fourth-order valence-electron chi connectivity index (χ4n) is 1.83. The minimum absolute atomic E-state index is 0.0261. The molecular weight excluding hydrogens is 294 g/mol. The fourth-order valence-corrected chi connectivity index (χ4v) is 1.83. The molecule has 0 aliphatic carbocycles. The van der Waals surface area contributed by atoms with E-state index in [9.17, 15) is 9.59 Å². The van der Waals surface area contributed by atoms with Crippen molar-refractivity contribution in [1.29, 1.82) is 0 Å². The fraction of sp³-hybridized carbons (Fsp3) is 0.529. The first kappa shape index (κ1) is 18.8. The third kappa shape index (κ3) is 7.04. The molecular formula is C17H27N3O3. The van der Waals surface area contributed by atoms with Gasteiger partial charge in [-0.1, -0.05) is 12.1 Å². The van der Waals surface area contributed by atoms with Crippen molar-refractivity contribution >= 4 is 17.7 Å². The summed E-state index contributed by atoms with van der Waals surface area (Å²) in [6.07, 6.45) is -0.397. The van der Waals surface area contributed by atoms with Crippen LogP contribution in [0.25, 0.3) is 0 Å². The number of anilines is 1. The number of carbonyl (C=O) groups excluding carboxylic acids is 2. The van der Waals surface area contributed by atoms with E-state index >= 15 is 0 Å². The molecule has 0 aliphatic rings. The number of nitrogens with zero attached hydrogens (tertiary/aromatic N) is 2. The van der Waals surface area contributed by atoms with Crippen molar-refractivity contribution in [2.75, 3.05) is 32.5 Å². The number of carbonyl (C=O) groups is 2. The lowest BCUT2D eigenvalue weighted by Crippen LogP contribution is -2.36. The van der Waals surface area contributed by atoms with E-state index in [0.717, 1.165) is 11.3 Å². The van der Waals surface area contributed by atoms with Crippen LogP contribution in [0.5, 0.6) is 0 Å². The van der Waals surface area contributed by atoms with Crippen LogP contribution in [0.3, 0.4) is 0 Å². The average Bonchev–Trinajstić information content (AvgIpc) is 2.50. The van der Waals surface area contributed by atoms with Crippen LogP contribution in [0.2, 0.25) is 0 Å². The zero-order valence-corrected chi connectivity index (χ0v) is 14.6. The van der Waals surface area contributed by atoms with Crippen molar-refractivity contribution in [2.24, 2.45) is 0 Å². The second kappa shape index (κ2) is 9.02. The second-order valence-electron chi connectivity index (χ2n) is 5.91. The van der Waals surface area contributed by atoms with E-state index < -0.39 is 6.09 Å². The van der Waals surface area contributed by atoms with E-state index in [4.69, 9.17) is 4.74 Å². The van der Waals surface area contributed by atoms with Gasteiger partial charge in [-0.25, -0.2) is 4.79 Å². The minimum atomic E-state index is -0.397. The number of benzene rings is 1. The summed E-state index contributed by atoms with van der Waals surface area (Å²) in [6.45, 7) is 6.80. The lowest BCUT2D eigenvalue weighted by molar-refractivity contribution is -0.127. The largest absolute Gasteiger partial charge is 0.445 e. The minimum Gasteiger partial charge on any atom is -0.445 e. The second-order valence-corrected chi connectivity index (χ2v) is 5.91. The molecule has 6 nitrogen and oxygen atoms in total. The molecule has 0 fully saturated rings. The van der Waals surface area contributed by atoms with Crippen LogP contribution in [0.15, 0.2) is 24.3 Å².